The summed E-state index contributed by atoms with van der Waals surface area (Å²) in [5.74, 6) is 0. The van der Waals surface area contributed by atoms with Gasteiger partial charge in [-0.15, -0.1) is 0 Å². The third-order valence-corrected chi connectivity index (χ3v) is 3.94. The number of nitrogens with zero attached hydrogens (tertiary/aromatic N) is 1. The van der Waals surface area contributed by atoms with E-state index in [1.807, 2.05) is 36.4 Å². The lowest BCUT2D eigenvalue weighted by Gasteiger charge is -2.02. The van der Waals surface area contributed by atoms with Gasteiger partial charge in [0.15, 0.2) is 5.13 Å². The molecule has 0 radical (unpaired) electrons. The maximum Gasteiger partial charge on any atom is 0.180 e. The van der Waals surface area contributed by atoms with Gasteiger partial charge in [-0.1, -0.05) is 72.0 Å². The highest BCUT2D eigenvalue weighted by Gasteiger charge is 2.11. The third kappa shape index (κ3) is 2.66. The first kappa shape index (κ1) is 11.9. The van der Waals surface area contributed by atoms with Crippen molar-refractivity contribution in [2.75, 3.05) is 5.73 Å². The molecule has 0 aliphatic rings. The van der Waals surface area contributed by atoms with Crippen molar-refractivity contribution in [3.63, 3.8) is 0 Å². The van der Waals surface area contributed by atoms with Crippen LogP contribution in [0.25, 0.3) is 10.4 Å². The summed E-state index contributed by atoms with van der Waals surface area (Å²) in [4.78, 5) is 5.65. The van der Waals surface area contributed by atoms with E-state index in [2.05, 4.69) is 29.2 Å². The summed E-state index contributed by atoms with van der Waals surface area (Å²) in [6.07, 6.45) is 0.818. The van der Waals surface area contributed by atoms with E-state index >= 15 is 0 Å². The number of hydrogen-bond donors (Lipinski definition) is 1. The Morgan fingerprint density at radius 2 is 1.53 bits per heavy atom. The monoisotopic (exact) mass is 266 g/mol. The molecule has 3 heteroatoms. The Morgan fingerprint density at radius 3 is 2.21 bits per heavy atom. The van der Waals surface area contributed by atoms with Crippen LogP contribution in [-0.4, -0.2) is 4.98 Å². The largest absolute Gasteiger partial charge is 0.375 e. The summed E-state index contributed by atoms with van der Waals surface area (Å²) >= 11 is 1.55. The van der Waals surface area contributed by atoms with Crippen LogP contribution in [0.2, 0.25) is 0 Å². The molecule has 0 saturated carbocycles. The van der Waals surface area contributed by atoms with Gasteiger partial charge in [-0.3, -0.25) is 0 Å². The quantitative estimate of drug-likeness (QED) is 0.778. The van der Waals surface area contributed by atoms with Gasteiger partial charge in [-0.2, -0.15) is 0 Å². The number of anilines is 1. The zero-order valence-corrected chi connectivity index (χ0v) is 11.2. The zero-order valence-electron chi connectivity index (χ0n) is 10.4. The fourth-order valence-corrected chi connectivity index (χ4v) is 2.95. The Bertz CT molecular complexity index is 660. The van der Waals surface area contributed by atoms with Gasteiger partial charge in [-0.05, 0) is 11.1 Å². The predicted molar refractivity (Wildman–Crippen MR) is 81.2 cm³/mol. The van der Waals surface area contributed by atoms with E-state index in [9.17, 15) is 0 Å². The van der Waals surface area contributed by atoms with Gasteiger partial charge in [0.2, 0.25) is 0 Å². The zero-order chi connectivity index (χ0) is 13.1. The van der Waals surface area contributed by atoms with E-state index in [0.29, 0.717) is 5.13 Å². The van der Waals surface area contributed by atoms with Gasteiger partial charge in [0, 0.05) is 6.42 Å². The molecule has 2 nitrogen and oxygen atoms in total. The molecule has 0 atom stereocenters. The fraction of sp³-hybridized carbons (Fsp3) is 0.0625. The Labute approximate surface area is 116 Å². The molecule has 3 aromatic rings. The number of benzene rings is 2. The van der Waals surface area contributed by atoms with Crippen LogP contribution in [0.5, 0.6) is 0 Å². The van der Waals surface area contributed by atoms with Crippen LogP contribution in [0, 0.1) is 0 Å². The molecule has 0 aliphatic heterocycles. The summed E-state index contributed by atoms with van der Waals surface area (Å²) in [6.45, 7) is 0. The summed E-state index contributed by atoms with van der Waals surface area (Å²) < 4.78 is 0. The Hall–Kier alpha value is -2.13. The minimum atomic E-state index is 0.629. The first-order valence-corrected chi connectivity index (χ1v) is 6.99. The SMILES string of the molecule is Nc1nc(Cc2ccccc2)c(-c2ccccc2)s1. The molecule has 0 aliphatic carbocycles. The average molecular weight is 266 g/mol. The molecule has 1 heterocycles. The average Bonchev–Trinajstić information content (AvgIpc) is 2.82. The topological polar surface area (TPSA) is 38.9 Å². The summed E-state index contributed by atoms with van der Waals surface area (Å²) in [5.41, 5.74) is 9.37. The van der Waals surface area contributed by atoms with E-state index in [1.54, 1.807) is 11.3 Å². The standard InChI is InChI=1S/C16H14N2S/c17-16-18-14(11-12-7-3-1-4-8-12)15(19-16)13-9-5-2-6-10-13/h1-10H,11H2,(H2,17,18). The van der Waals surface area contributed by atoms with Crippen LogP contribution < -0.4 is 5.73 Å². The molecule has 0 unspecified atom stereocenters. The third-order valence-electron chi connectivity index (χ3n) is 2.96. The van der Waals surface area contributed by atoms with Gasteiger partial charge in [0.1, 0.15) is 0 Å². The first-order valence-electron chi connectivity index (χ1n) is 6.17. The molecule has 0 bridgehead atoms. The number of nitrogen functional groups attached to an aromatic ring is 1. The molecule has 1 aromatic heterocycles. The van der Waals surface area contributed by atoms with Crippen molar-refractivity contribution in [1.82, 2.24) is 4.98 Å². The number of thiazole rings is 1. The molecule has 0 fully saturated rings. The molecule has 94 valence electrons. The van der Waals surface area contributed by atoms with Crippen molar-refractivity contribution in [1.29, 1.82) is 0 Å². The van der Waals surface area contributed by atoms with Crippen molar-refractivity contribution in [2.24, 2.45) is 0 Å². The molecular weight excluding hydrogens is 252 g/mol. The van der Waals surface area contributed by atoms with Crippen molar-refractivity contribution in [2.45, 2.75) is 6.42 Å². The number of nitrogens with two attached hydrogens (primary N) is 1. The van der Waals surface area contributed by atoms with Crippen molar-refractivity contribution >= 4 is 16.5 Å². The van der Waals surface area contributed by atoms with Crippen LogP contribution in [0.15, 0.2) is 60.7 Å². The molecule has 19 heavy (non-hydrogen) atoms. The molecule has 2 N–H and O–H groups in total. The molecule has 2 aromatic carbocycles. The van der Waals surface area contributed by atoms with Crippen LogP contribution in [-0.2, 0) is 6.42 Å². The number of hydrogen-bond acceptors (Lipinski definition) is 3. The second-order valence-electron chi connectivity index (χ2n) is 4.36. The smallest absolute Gasteiger partial charge is 0.180 e. The van der Waals surface area contributed by atoms with E-state index in [1.165, 1.54) is 16.0 Å². The van der Waals surface area contributed by atoms with E-state index in [0.717, 1.165) is 12.1 Å². The highest BCUT2D eigenvalue weighted by molar-refractivity contribution is 7.18. The maximum absolute atomic E-state index is 5.88. The minimum absolute atomic E-state index is 0.629. The van der Waals surface area contributed by atoms with Crippen LogP contribution >= 0.6 is 11.3 Å². The van der Waals surface area contributed by atoms with Gasteiger partial charge in [0.05, 0.1) is 10.6 Å². The van der Waals surface area contributed by atoms with Gasteiger partial charge in [-0.25, -0.2) is 4.98 Å². The second kappa shape index (κ2) is 5.24. The lowest BCUT2D eigenvalue weighted by Crippen LogP contribution is -1.91. The second-order valence-corrected chi connectivity index (χ2v) is 5.39. The van der Waals surface area contributed by atoms with E-state index in [4.69, 9.17) is 5.73 Å². The van der Waals surface area contributed by atoms with Gasteiger partial charge in [0.25, 0.3) is 0 Å². The van der Waals surface area contributed by atoms with E-state index in [-0.39, 0.29) is 0 Å². The normalized spacial score (nSPS) is 10.5. The molecular formula is C16H14N2S. The first-order chi connectivity index (χ1) is 9.33. The summed E-state index contributed by atoms with van der Waals surface area (Å²) in [5, 5.41) is 0.629. The lowest BCUT2D eigenvalue weighted by atomic mass is 10.1. The lowest BCUT2D eigenvalue weighted by molar-refractivity contribution is 1.11. The summed E-state index contributed by atoms with van der Waals surface area (Å²) in [7, 11) is 0. The van der Waals surface area contributed by atoms with Gasteiger partial charge < -0.3 is 5.73 Å². The van der Waals surface area contributed by atoms with Crippen LogP contribution in [0.1, 0.15) is 11.3 Å². The number of rotatable bonds is 3. The van der Waals surface area contributed by atoms with Crippen molar-refractivity contribution in [3.8, 4) is 10.4 Å². The Kier molecular flexibility index (Phi) is 3.29. The fourth-order valence-electron chi connectivity index (χ4n) is 2.09. The highest BCUT2D eigenvalue weighted by atomic mass is 32.1. The van der Waals surface area contributed by atoms with Gasteiger partial charge >= 0.3 is 0 Å². The molecule has 0 saturated heterocycles. The molecule has 0 spiro atoms. The predicted octanol–water partition coefficient (Wildman–Crippen LogP) is 3.98. The van der Waals surface area contributed by atoms with E-state index < -0.39 is 0 Å². The van der Waals surface area contributed by atoms with Crippen LogP contribution in [0.3, 0.4) is 0 Å². The highest BCUT2D eigenvalue weighted by Crippen LogP contribution is 2.32. The van der Waals surface area contributed by atoms with Crippen molar-refractivity contribution in [3.05, 3.63) is 71.9 Å². The number of aromatic nitrogens is 1. The molecule has 3 rings (SSSR count). The summed E-state index contributed by atoms with van der Waals surface area (Å²) in [6, 6.07) is 20.6. The maximum atomic E-state index is 5.88. The minimum Gasteiger partial charge on any atom is -0.375 e. The molecule has 0 amide bonds. The van der Waals surface area contributed by atoms with Crippen LogP contribution in [0.4, 0.5) is 5.13 Å². The van der Waals surface area contributed by atoms with Crippen molar-refractivity contribution < 1.29 is 0 Å². The Balaban J connectivity index is 1.99. The Morgan fingerprint density at radius 1 is 0.895 bits per heavy atom.